The van der Waals surface area contributed by atoms with E-state index in [9.17, 15) is 0 Å². The fourth-order valence-corrected chi connectivity index (χ4v) is 1.89. The second kappa shape index (κ2) is 2.95. The molecule has 2 aromatic heterocycles. The molecule has 0 saturated carbocycles. The van der Waals surface area contributed by atoms with Crippen LogP contribution in [0.2, 0.25) is 5.15 Å². The summed E-state index contributed by atoms with van der Waals surface area (Å²) < 4.78 is 1.65. The lowest BCUT2D eigenvalue weighted by molar-refractivity contribution is 0.585. The van der Waals surface area contributed by atoms with E-state index in [1.54, 1.807) is 4.52 Å². The molecule has 0 amide bonds. The maximum absolute atomic E-state index is 6.23. The summed E-state index contributed by atoms with van der Waals surface area (Å²) in [5.74, 6) is 0. The normalized spacial score (nSPS) is 12.3. The zero-order valence-corrected chi connectivity index (χ0v) is 9.21. The molecule has 0 fully saturated rings. The lowest BCUT2D eigenvalue weighted by atomic mass is 9.88. The summed E-state index contributed by atoms with van der Waals surface area (Å²) in [6, 6.07) is 3.94. The van der Waals surface area contributed by atoms with E-state index in [4.69, 9.17) is 11.6 Å². The van der Waals surface area contributed by atoms with Crippen LogP contribution >= 0.6 is 11.6 Å². The molecule has 0 unspecified atom stereocenters. The maximum Gasteiger partial charge on any atom is 0.157 e. The average Bonchev–Trinajstić information content (AvgIpc) is 2.50. The molecule has 0 aromatic carbocycles. The van der Waals surface area contributed by atoms with Gasteiger partial charge in [-0.15, -0.1) is 0 Å². The minimum atomic E-state index is 0.0250. The van der Waals surface area contributed by atoms with Gasteiger partial charge in [0.25, 0.3) is 0 Å². The highest BCUT2D eigenvalue weighted by Crippen LogP contribution is 2.29. The Hall–Kier alpha value is -1.09. The first-order valence-corrected chi connectivity index (χ1v) is 4.86. The summed E-state index contributed by atoms with van der Waals surface area (Å²) in [7, 11) is 0. The summed E-state index contributed by atoms with van der Waals surface area (Å²) in [6.07, 6.45) is 1.51. The fraction of sp³-hybridized carbons (Fsp3) is 0.400. The number of hydrogen-bond donors (Lipinski definition) is 0. The van der Waals surface area contributed by atoms with E-state index in [-0.39, 0.29) is 5.41 Å². The highest BCUT2D eigenvalue weighted by atomic mass is 35.5. The minimum absolute atomic E-state index is 0.0250. The number of fused-ring (bicyclic) bond motifs is 1. The predicted octanol–water partition coefficient (Wildman–Crippen LogP) is 2.68. The molecular formula is C10H12ClN3. The first-order chi connectivity index (χ1) is 6.50. The third kappa shape index (κ3) is 1.38. The van der Waals surface area contributed by atoms with Crippen molar-refractivity contribution in [3.05, 3.63) is 29.2 Å². The molecule has 2 rings (SSSR count). The smallest absolute Gasteiger partial charge is 0.157 e. The molecule has 0 N–H and O–H groups in total. The molecule has 0 aliphatic heterocycles. The van der Waals surface area contributed by atoms with Crippen LogP contribution in [0.25, 0.3) is 5.65 Å². The summed E-state index contributed by atoms with van der Waals surface area (Å²) in [4.78, 5) is 4.07. The zero-order chi connectivity index (χ0) is 10.3. The Morgan fingerprint density at radius 3 is 2.64 bits per heavy atom. The second-order valence-electron chi connectivity index (χ2n) is 4.32. The van der Waals surface area contributed by atoms with Gasteiger partial charge in [-0.2, -0.15) is 5.10 Å². The van der Waals surface area contributed by atoms with Gasteiger partial charge in [-0.05, 0) is 17.0 Å². The number of hydrogen-bond acceptors (Lipinski definition) is 2. The predicted molar refractivity (Wildman–Crippen MR) is 56.7 cm³/mol. The average molecular weight is 210 g/mol. The van der Waals surface area contributed by atoms with E-state index >= 15 is 0 Å². The molecule has 0 atom stereocenters. The van der Waals surface area contributed by atoms with E-state index in [1.807, 2.05) is 12.1 Å². The van der Waals surface area contributed by atoms with Crippen molar-refractivity contribution >= 4 is 17.2 Å². The summed E-state index contributed by atoms with van der Waals surface area (Å²) >= 11 is 6.23. The van der Waals surface area contributed by atoms with Crippen LogP contribution in [0.3, 0.4) is 0 Å². The van der Waals surface area contributed by atoms with Gasteiger partial charge in [0, 0.05) is 0 Å². The summed E-state index contributed by atoms with van der Waals surface area (Å²) in [5.41, 5.74) is 1.89. The van der Waals surface area contributed by atoms with Crippen molar-refractivity contribution < 1.29 is 0 Å². The Balaban J connectivity index is 2.74. The molecule has 2 heterocycles. The van der Waals surface area contributed by atoms with Crippen molar-refractivity contribution in [1.82, 2.24) is 14.6 Å². The quantitative estimate of drug-likeness (QED) is 0.625. The van der Waals surface area contributed by atoms with Crippen LogP contribution in [0.15, 0.2) is 18.5 Å². The van der Waals surface area contributed by atoms with Crippen molar-refractivity contribution in [2.75, 3.05) is 0 Å². The van der Waals surface area contributed by atoms with Crippen LogP contribution in [-0.2, 0) is 5.41 Å². The van der Waals surface area contributed by atoms with Crippen LogP contribution < -0.4 is 0 Å². The van der Waals surface area contributed by atoms with Crippen LogP contribution in [0.4, 0.5) is 0 Å². The molecule has 14 heavy (non-hydrogen) atoms. The van der Waals surface area contributed by atoms with Gasteiger partial charge < -0.3 is 0 Å². The van der Waals surface area contributed by atoms with Gasteiger partial charge in [0.1, 0.15) is 11.5 Å². The Bertz CT molecular complexity index is 468. The van der Waals surface area contributed by atoms with Gasteiger partial charge in [0.05, 0.1) is 0 Å². The lowest BCUT2D eigenvalue weighted by Gasteiger charge is -2.20. The number of halogens is 1. The van der Waals surface area contributed by atoms with Gasteiger partial charge in [-0.3, -0.25) is 0 Å². The largest absolute Gasteiger partial charge is 0.215 e. The summed E-state index contributed by atoms with van der Waals surface area (Å²) in [6.45, 7) is 6.37. The topological polar surface area (TPSA) is 30.2 Å². The molecule has 74 valence electrons. The maximum atomic E-state index is 6.23. The van der Waals surface area contributed by atoms with Gasteiger partial charge >= 0.3 is 0 Å². The molecule has 0 spiro atoms. The molecule has 4 heteroatoms. The summed E-state index contributed by atoms with van der Waals surface area (Å²) in [5, 5.41) is 4.71. The molecule has 3 nitrogen and oxygen atoms in total. The van der Waals surface area contributed by atoms with Gasteiger partial charge in [0.2, 0.25) is 0 Å². The van der Waals surface area contributed by atoms with E-state index in [0.29, 0.717) is 5.15 Å². The molecule has 0 aliphatic carbocycles. The molecular weight excluding hydrogens is 198 g/mol. The first kappa shape index (κ1) is 9.46. The number of aromatic nitrogens is 3. The zero-order valence-electron chi connectivity index (χ0n) is 8.45. The van der Waals surface area contributed by atoms with Crippen molar-refractivity contribution in [1.29, 1.82) is 0 Å². The monoisotopic (exact) mass is 209 g/mol. The second-order valence-corrected chi connectivity index (χ2v) is 4.68. The molecule has 0 aliphatic rings. The van der Waals surface area contributed by atoms with Crippen LogP contribution in [-0.4, -0.2) is 14.6 Å². The number of pyridine rings is 1. The highest BCUT2D eigenvalue weighted by molar-refractivity contribution is 6.30. The molecule has 0 saturated heterocycles. The lowest BCUT2D eigenvalue weighted by Crippen LogP contribution is -2.13. The fourth-order valence-electron chi connectivity index (χ4n) is 1.42. The van der Waals surface area contributed by atoms with E-state index in [2.05, 4.69) is 30.9 Å². The third-order valence-corrected chi connectivity index (χ3v) is 2.55. The van der Waals surface area contributed by atoms with Gasteiger partial charge in [-0.1, -0.05) is 38.4 Å². The van der Waals surface area contributed by atoms with Crippen LogP contribution in [0, 0.1) is 0 Å². The molecule has 0 radical (unpaired) electrons. The van der Waals surface area contributed by atoms with E-state index in [1.165, 1.54) is 6.33 Å². The van der Waals surface area contributed by atoms with Crippen molar-refractivity contribution in [2.45, 2.75) is 26.2 Å². The molecule has 2 aromatic rings. The van der Waals surface area contributed by atoms with Crippen molar-refractivity contribution in [3.8, 4) is 0 Å². The van der Waals surface area contributed by atoms with Gasteiger partial charge in [0.15, 0.2) is 5.65 Å². The minimum Gasteiger partial charge on any atom is -0.215 e. The highest BCUT2D eigenvalue weighted by Gasteiger charge is 2.19. The third-order valence-electron chi connectivity index (χ3n) is 2.19. The SMILES string of the molecule is CC(C)(C)c1ccc2ncnn2c1Cl. The Labute approximate surface area is 87.7 Å². The van der Waals surface area contributed by atoms with E-state index in [0.717, 1.165) is 11.2 Å². The Morgan fingerprint density at radius 2 is 2.00 bits per heavy atom. The van der Waals surface area contributed by atoms with Crippen molar-refractivity contribution in [3.63, 3.8) is 0 Å². The Kier molecular flexibility index (Phi) is 2.00. The number of nitrogens with zero attached hydrogens (tertiary/aromatic N) is 3. The molecule has 0 bridgehead atoms. The van der Waals surface area contributed by atoms with Crippen LogP contribution in [0.1, 0.15) is 26.3 Å². The Morgan fingerprint density at radius 1 is 1.29 bits per heavy atom. The van der Waals surface area contributed by atoms with E-state index < -0.39 is 0 Å². The van der Waals surface area contributed by atoms with Gasteiger partial charge in [-0.25, -0.2) is 9.50 Å². The number of rotatable bonds is 0. The first-order valence-electron chi connectivity index (χ1n) is 4.49. The van der Waals surface area contributed by atoms with Crippen LogP contribution in [0.5, 0.6) is 0 Å². The standard InChI is InChI=1S/C10H12ClN3/c1-10(2,3)7-4-5-8-12-6-13-14(8)9(7)11/h4-6H,1-3H3. The van der Waals surface area contributed by atoms with Crippen molar-refractivity contribution in [2.24, 2.45) is 0 Å².